The quantitative estimate of drug-likeness (QED) is 0.543. The summed E-state index contributed by atoms with van der Waals surface area (Å²) in [6.07, 6.45) is 1.49. The molecule has 0 atom stereocenters. The summed E-state index contributed by atoms with van der Waals surface area (Å²) in [4.78, 5) is 29.2. The van der Waals surface area contributed by atoms with Crippen LogP contribution < -0.4 is 20.3 Å². The number of hydrogen-bond acceptors (Lipinski definition) is 5. The van der Waals surface area contributed by atoms with Crippen molar-refractivity contribution in [3.8, 4) is 22.8 Å². The van der Waals surface area contributed by atoms with Crippen LogP contribution in [0.3, 0.4) is 0 Å². The third-order valence-corrected chi connectivity index (χ3v) is 5.09. The van der Waals surface area contributed by atoms with Gasteiger partial charge < -0.3 is 14.8 Å². The summed E-state index contributed by atoms with van der Waals surface area (Å²) in [6, 6.07) is 14.1. The van der Waals surface area contributed by atoms with Gasteiger partial charge in [0, 0.05) is 29.2 Å². The molecule has 156 valence electrons. The molecule has 3 rings (SSSR count). The maximum absolute atomic E-state index is 12.4. The Kier molecular flexibility index (Phi) is 7.24. The van der Waals surface area contributed by atoms with E-state index in [9.17, 15) is 9.59 Å². The van der Waals surface area contributed by atoms with Gasteiger partial charge in [-0.2, -0.15) is 0 Å². The lowest BCUT2D eigenvalue weighted by Gasteiger charge is -2.10. The van der Waals surface area contributed by atoms with Gasteiger partial charge in [0.1, 0.15) is 11.5 Å². The van der Waals surface area contributed by atoms with Gasteiger partial charge in [0.2, 0.25) is 0 Å². The van der Waals surface area contributed by atoms with E-state index in [0.29, 0.717) is 34.6 Å². The van der Waals surface area contributed by atoms with Crippen molar-refractivity contribution < 1.29 is 14.3 Å². The molecular weight excluding hydrogens is 450 g/mol. The number of methoxy groups -OCH3 is 1. The highest BCUT2D eigenvalue weighted by Crippen LogP contribution is 2.22. The molecule has 1 N–H and O–H groups in total. The van der Waals surface area contributed by atoms with Gasteiger partial charge in [0.05, 0.1) is 31.3 Å². The zero-order chi connectivity index (χ0) is 21.5. The first-order chi connectivity index (χ1) is 14.5. The highest BCUT2D eigenvalue weighted by Gasteiger charge is 2.11. The van der Waals surface area contributed by atoms with E-state index < -0.39 is 0 Å². The van der Waals surface area contributed by atoms with Crippen LogP contribution in [0.4, 0.5) is 0 Å². The van der Waals surface area contributed by atoms with E-state index >= 15 is 0 Å². The zero-order valence-corrected chi connectivity index (χ0v) is 18.3. The Morgan fingerprint density at radius 1 is 1.13 bits per heavy atom. The summed E-state index contributed by atoms with van der Waals surface area (Å²) < 4.78 is 12.7. The van der Waals surface area contributed by atoms with E-state index in [2.05, 4.69) is 26.2 Å². The number of benzene rings is 2. The largest absolute Gasteiger partial charge is 0.497 e. The molecule has 0 spiro atoms. The normalized spacial score (nSPS) is 10.5. The summed E-state index contributed by atoms with van der Waals surface area (Å²) in [6.45, 7) is 3.11. The molecule has 0 fully saturated rings. The number of halogens is 1. The maximum Gasteiger partial charge on any atom is 0.253 e. The Labute approximate surface area is 182 Å². The highest BCUT2D eigenvalue weighted by atomic mass is 79.9. The van der Waals surface area contributed by atoms with Crippen molar-refractivity contribution in [1.82, 2.24) is 14.9 Å². The standard InChI is InChI=1S/C22H22BrN3O4/c1-3-30-16-6-4-15(5-7-16)20-13-21(27)26(14-25-20)11-10-24-22(28)18-12-17(29-2)8-9-19(18)23/h4-9,12-14H,3,10-11H2,1-2H3,(H,24,28). The molecule has 1 aromatic heterocycles. The lowest BCUT2D eigenvalue weighted by molar-refractivity contribution is 0.0951. The van der Waals surface area contributed by atoms with Crippen LogP contribution in [0.5, 0.6) is 11.5 Å². The topological polar surface area (TPSA) is 82.5 Å². The Hall–Kier alpha value is -3.13. The average molecular weight is 472 g/mol. The van der Waals surface area contributed by atoms with Gasteiger partial charge >= 0.3 is 0 Å². The van der Waals surface area contributed by atoms with Crippen molar-refractivity contribution in [1.29, 1.82) is 0 Å². The van der Waals surface area contributed by atoms with Crippen molar-refractivity contribution >= 4 is 21.8 Å². The molecule has 0 unspecified atom stereocenters. The predicted octanol–water partition coefficient (Wildman–Crippen LogP) is 3.51. The second-order valence-corrected chi connectivity index (χ2v) is 7.22. The van der Waals surface area contributed by atoms with Crippen LogP contribution in [0.25, 0.3) is 11.3 Å². The Morgan fingerprint density at radius 2 is 1.87 bits per heavy atom. The third-order valence-electron chi connectivity index (χ3n) is 4.40. The Bertz CT molecular complexity index is 1080. The molecule has 1 heterocycles. The van der Waals surface area contributed by atoms with Crippen LogP contribution in [0.15, 0.2) is 64.1 Å². The van der Waals surface area contributed by atoms with Crippen molar-refractivity contribution in [2.45, 2.75) is 13.5 Å². The number of aromatic nitrogens is 2. The van der Waals surface area contributed by atoms with Crippen molar-refractivity contribution in [2.24, 2.45) is 0 Å². The molecule has 0 radical (unpaired) electrons. The fourth-order valence-electron chi connectivity index (χ4n) is 2.83. The highest BCUT2D eigenvalue weighted by molar-refractivity contribution is 9.10. The number of nitrogens with one attached hydrogen (secondary N) is 1. The number of carbonyl (C=O) groups excluding carboxylic acids is 1. The number of ether oxygens (including phenoxy) is 2. The average Bonchev–Trinajstić information content (AvgIpc) is 2.76. The molecule has 0 aliphatic carbocycles. The monoisotopic (exact) mass is 471 g/mol. The second kappa shape index (κ2) is 10.1. The molecule has 0 bridgehead atoms. The number of hydrogen-bond donors (Lipinski definition) is 1. The summed E-state index contributed by atoms with van der Waals surface area (Å²) >= 11 is 3.36. The number of amides is 1. The van der Waals surface area contributed by atoms with Gasteiger partial charge in [-0.05, 0) is 65.3 Å². The molecule has 0 saturated carbocycles. The van der Waals surface area contributed by atoms with Gasteiger partial charge in [-0.1, -0.05) is 0 Å². The summed E-state index contributed by atoms with van der Waals surface area (Å²) in [5, 5.41) is 2.81. The van der Waals surface area contributed by atoms with E-state index in [1.54, 1.807) is 25.3 Å². The van der Waals surface area contributed by atoms with E-state index in [1.807, 2.05) is 31.2 Å². The molecule has 0 aliphatic rings. The van der Waals surface area contributed by atoms with Crippen LogP contribution >= 0.6 is 15.9 Å². The summed E-state index contributed by atoms with van der Waals surface area (Å²) in [5.74, 6) is 1.11. The molecular formula is C22H22BrN3O4. The van der Waals surface area contributed by atoms with Gasteiger partial charge in [0.25, 0.3) is 11.5 Å². The van der Waals surface area contributed by atoms with E-state index in [0.717, 1.165) is 11.3 Å². The zero-order valence-electron chi connectivity index (χ0n) is 16.7. The second-order valence-electron chi connectivity index (χ2n) is 6.36. The first-order valence-electron chi connectivity index (χ1n) is 9.43. The smallest absolute Gasteiger partial charge is 0.253 e. The molecule has 7 nitrogen and oxygen atoms in total. The van der Waals surface area contributed by atoms with Crippen LogP contribution in [-0.4, -0.2) is 35.7 Å². The Balaban J connectivity index is 1.62. The van der Waals surface area contributed by atoms with Gasteiger partial charge in [0.15, 0.2) is 0 Å². The molecule has 2 aromatic carbocycles. The first kappa shape index (κ1) is 21.6. The Morgan fingerprint density at radius 3 is 2.53 bits per heavy atom. The predicted molar refractivity (Wildman–Crippen MR) is 118 cm³/mol. The number of nitrogens with zero attached hydrogens (tertiary/aromatic N) is 2. The van der Waals surface area contributed by atoms with Crippen molar-refractivity contribution in [3.63, 3.8) is 0 Å². The van der Waals surface area contributed by atoms with Gasteiger partial charge in [-0.3, -0.25) is 14.2 Å². The van der Waals surface area contributed by atoms with Gasteiger partial charge in [-0.15, -0.1) is 0 Å². The minimum absolute atomic E-state index is 0.189. The van der Waals surface area contributed by atoms with Crippen molar-refractivity contribution in [3.05, 3.63) is 75.2 Å². The first-order valence-corrected chi connectivity index (χ1v) is 10.2. The minimum Gasteiger partial charge on any atom is -0.497 e. The lowest BCUT2D eigenvalue weighted by Crippen LogP contribution is -2.31. The molecule has 3 aromatic rings. The van der Waals surface area contributed by atoms with Gasteiger partial charge in [-0.25, -0.2) is 4.98 Å². The summed E-state index contributed by atoms with van der Waals surface area (Å²) in [7, 11) is 1.54. The molecule has 8 heteroatoms. The summed E-state index contributed by atoms with van der Waals surface area (Å²) in [5.41, 5.74) is 1.69. The fourth-order valence-corrected chi connectivity index (χ4v) is 3.26. The molecule has 30 heavy (non-hydrogen) atoms. The SMILES string of the molecule is CCOc1ccc(-c2cc(=O)n(CCNC(=O)c3cc(OC)ccc3Br)cn2)cc1. The number of rotatable bonds is 8. The van der Waals surface area contributed by atoms with E-state index in [-0.39, 0.29) is 18.0 Å². The molecule has 0 aliphatic heterocycles. The minimum atomic E-state index is -0.257. The van der Waals surface area contributed by atoms with Crippen LogP contribution in [0.1, 0.15) is 17.3 Å². The van der Waals surface area contributed by atoms with E-state index in [1.165, 1.54) is 17.0 Å². The van der Waals surface area contributed by atoms with Crippen LogP contribution in [0, 0.1) is 0 Å². The number of carbonyl (C=O) groups is 1. The third kappa shape index (κ3) is 5.27. The van der Waals surface area contributed by atoms with Crippen molar-refractivity contribution in [2.75, 3.05) is 20.3 Å². The molecule has 0 saturated heterocycles. The van der Waals surface area contributed by atoms with Crippen LogP contribution in [-0.2, 0) is 6.54 Å². The maximum atomic E-state index is 12.4. The fraction of sp³-hybridized carbons (Fsp3) is 0.227. The van der Waals surface area contributed by atoms with E-state index in [4.69, 9.17) is 9.47 Å². The molecule has 1 amide bonds. The lowest BCUT2D eigenvalue weighted by atomic mass is 10.1. The van der Waals surface area contributed by atoms with Crippen LogP contribution in [0.2, 0.25) is 0 Å².